The summed E-state index contributed by atoms with van der Waals surface area (Å²) in [5, 5.41) is 3.33. The molecule has 7 nitrogen and oxygen atoms in total. The van der Waals surface area contributed by atoms with Crippen LogP contribution in [0.3, 0.4) is 0 Å². The standard InChI is InChI=1S/C17H16F3N3O4/c1-9-6-23(27-7-9)16(25)11-3-12(17(18,19)20)5-13(4-11)22-15(24)14-8-26-10(2)21-14/h3-5,8-9H,6-7H2,1-2H3,(H,22,24). The number of hydrogen-bond donors (Lipinski definition) is 1. The Morgan fingerprint density at radius 2 is 2.04 bits per heavy atom. The molecule has 2 amide bonds. The molecule has 3 rings (SSSR count). The van der Waals surface area contributed by atoms with E-state index in [1.165, 1.54) is 6.92 Å². The van der Waals surface area contributed by atoms with E-state index in [4.69, 9.17) is 9.25 Å². The molecule has 0 bridgehead atoms. The van der Waals surface area contributed by atoms with E-state index in [0.29, 0.717) is 6.61 Å². The SMILES string of the molecule is Cc1nc(C(=O)Nc2cc(C(=O)N3CC(C)CO3)cc(C(F)(F)F)c2)co1. The van der Waals surface area contributed by atoms with Gasteiger partial charge in [0.15, 0.2) is 11.6 Å². The van der Waals surface area contributed by atoms with Gasteiger partial charge in [0.2, 0.25) is 0 Å². The summed E-state index contributed by atoms with van der Waals surface area (Å²) in [5.74, 6) is -1.15. The van der Waals surface area contributed by atoms with Gasteiger partial charge in [-0.2, -0.15) is 13.2 Å². The van der Waals surface area contributed by atoms with Crippen LogP contribution < -0.4 is 5.32 Å². The Hall–Kier alpha value is -2.88. The largest absolute Gasteiger partial charge is 0.448 e. The van der Waals surface area contributed by atoms with Gasteiger partial charge >= 0.3 is 6.18 Å². The van der Waals surface area contributed by atoms with Crippen molar-refractivity contribution in [1.29, 1.82) is 0 Å². The van der Waals surface area contributed by atoms with Crippen LogP contribution in [0, 0.1) is 12.8 Å². The Bertz CT molecular complexity index is 879. The zero-order chi connectivity index (χ0) is 19.8. The summed E-state index contributed by atoms with van der Waals surface area (Å²) in [6, 6.07) is 2.63. The van der Waals surface area contributed by atoms with Crippen LogP contribution in [-0.4, -0.2) is 35.0 Å². The van der Waals surface area contributed by atoms with Crippen molar-refractivity contribution in [2.24, 2.45) is 5.92 Å². The molecule has 0 radical (unpaired) electrons. The van der Waals surface area contributed by atoms with Crippen LogP contribution in [0.1, 0.15) is 39.2 Å². The van der Waals surface area contributed by atoms with Gasteiger partial charge in [0.25, 0.3) is 11.8 Å². The summed E-state index contributed by atoms with van der Waals surface area (Å²) in [5.41, 5.74) is -1.58. The fraction of sp³-hybridized carbons (Fsp3) is 0.353. The molecule has 1 atom stereocenters. The molecule has 2 aromatic rings. The summed E-state index contributed by atoms with van der Waals surface area (Å²) in [6.07, 6.45) is -3.61. The number of halogens is 3. The Morgan fingerprint density at radius 1 is 1.30 bits per heavy atom. The number of hydroxylamine groups is 2. The molecule has 0 saturated carbocycles. The smallest absolute Gasteiger partial charge is 0.416 e. The van der Waals surface area contributed by atoms with Crippen LogP contribution in [0.25, 0.3) is 0 Å². The first-order valence-electron chi connectivity index (χ1n) is 8.04. The van der Waals surface area contributed by atoms with Gasteiger partial charge in [0, 0.05) is 24.1 Å². The van der Waals surface area contributed by atoms with Crippen molar-refractivity contribution in [2.45, 2.75) is 20.0 Å². The van der Waals surface area contributed by atoms with Crippen molar-refractivity contribution in [1.82, 2.24) is 10.0 Å². The minimum absolute atomic E-state index is 0.0781. The fourth-order valence-electron chi connectivity index (χ4n) is 2.54. The number of oxazole rings is 1. The minimum Gasteiger partial charge on any atom is -0.448 e. The second kappa shape index (κ2) is 7.03. The van der Waals surface area contributed by atoms with Crippen LogP contribution in [0.15, 0.2) is 28.9 Å². The molecule has 27 heavy (non-hydrogen) atoms. The zero-order valence-corrected chi connectivity index (χ0v) is 14.5. The maximum Gasteiger partial charge on any atom is 0.416 e. The molecule has 10 heteroatoms. The van der Waals surface area contributed by atoms with Crippen molar-refractivity contribution in [3.05, 3.63) is 47.2 Å². The molecular formula is C17H16F3N3O4. The number of hydrogen-bond acceptors (Lipinski definition) is 5. The third-order valence-electron chi connectivity index (χ3n) is 3.84. The second-order valence-electron chi connectivity index (χ2n) is 6.27. The molecule has 1 N–H and O–H groups in total. The van der Waals surface area contributed by atoms with E-state index >= 15 is 0 Å². The maximum absolute atomic E-state index is 13.2. The van der Waals surface area contributed by atoms with Crippen LogP contribution in [0.5, 0.6) is 0 Å². The first-order valence-corrected chi connectivity index (χ1v) is 8.04. The molecule has 0 spiro atoms. The number of aromatic nitrogens is 1. The number of carbonyl (C=O) groups excluding carboxylic acids is 2. The van der Waals surface area contributed by atoms with Crippen LogP contribution in [-0.2, 0) is 11.0 Å². The van der Waals surface area contributed by atoms with Gasteiger partial charge in [-0.15, -0.1) is 0 Å². The molecule has 2 heterocycles. The molecule has 1 aliphatic rings. The monoisotopic (exact) mass is 383 g/mol. The van der Waals surface area contributed by atoms with Gasteiger partial charge in [-0.3, -0.25) is 14.4 Å². The van der Waals surface area contributed by atoms with E-state index in [9.17, 15) is 22.8 Å². The lowest BCUT2D eigenvalue weighted by molar-refractivity contribution is -0.137. The lowest BCUT2D eigenvalue weighted by Crippen LogP contribution is -2.28. The molecule has 1 saturated heterocycles. The highest BCUT2D eigenvalue weighted by Crippen LogP contribution is 2.33. The summed E-state index contributed by atoms with van der Waals surface area (Å²) in [4.78, 5) is 33.6. The number of amides is 2. The van der Waals surface area contributed by atoms with E-state index in [0.717, 1.165) is 29.5 Å². The zero-order valence-electron chi connectivity index (χ0n) is 14.5. The third-order valence-corrected chi connectivity index (χ3v) is 3.84. The fourth-order valence-corrected chi connectivity index (χ4v) is 2.54. The van der Waals surface area contributed by atoms with Gasteiger partial charge in [-0.1, -0.05) is 6.92 Å². The highest BCUT2D eigenvalue weighted by Gasteiger charge is 2.33. The van der Waals surface area contributed by atoms with Crippen LogP contribution in [0.2, 0.25) is 0 Å². The Morgan fingerprint density at radius 3 is 2.59 bits per heavy atom. The lowest BCUT2D eigenvalue weighted by atomic mass is 10.1. The molecular weight excluding hydrogens is 367 g/mol. The predicted octanol–water partition coefficient (Wildman–Crippen LogP) is 3.28. The molecule has 1 aromatic carbocycles. The first kappa shape index (κ1) is 18.9. The van der Waals surface area contributed by atoms with E-state index in [-0.39, 0.29) is 35.3 Å². The maximum atomic E-state index is 13.2. The summed E-state index contributed by atoms with van der Waals surface area (Å²) in [7, 11) is 0. The first-order chi connectivity index (χ1) is 12.6. The quantitative estimate of drug-likeness (QED) is 0.879. The highest BCUT2D eigenvalue weighted by molar-refractivity contribution is 6.03. The van der Waals surface area contributed by atoms with Crippen LogP contribution in [0.4, 0.5) is 18.9 Å². The van der Waals surface area contributed by atoms with E-state index < -0.39 is 23.6 Å². The average Bonchev–Trinajstić information content (AvgIpc) is 3.21. The van der Waals surface area contributed by atoms with E-state index in [1.54, 1.807) is 0 Å². The number of aryl methyl sites for hydroxylation is 1. The molecule has 1 aliphatic heterocycles. The normalized spacial score (nSPS) is 17.2. The van der Waals surface area contributed by atoms with Gasteiger partial charge in [0.1, 0.15) is 6.26 Å². The Kier molecular flexibility index (Phi) is 4.92. The number of rotatable bonds is 3. The molecule has 1 fully saturated rings. The predicted molar refractivity (Wildman–Crippen MR) is 86.8 cm³/mol. The third kappa shape index (κ3) is 4.27. The van der Waals surface area contributed by atoms with E-state index in [2.05, 4.69) is 10.3 Å². The van der Waals surface area contributed by atoms with Crippen LogP contribution >= 0.6 is 0 Å². The van der Waals surface area contributed by atoms with Crippen molar-refractivity contribution >= 4 is 17.5 Å². The van der Waals surface area contributed by atoms with Crippen molar-refractivity contribution in [3.8, 4) is 0 Å². The number of carbonyl (C=O) groups is 2. The average molecular weight is 383 g/mol. The van der Waals surface area contributed by atoms with Gasteiger partial charge < -0.3 is 9.73 Å². The summed E-state index contributed by atoms with van der Waals surface area (Å²) < 4.78 is 44.6. The number of anilines is 1. The number of alkyl halides is 3. The number of nitrogens with one attached hydrogen (secondary N) is 1. The highest BCUT2D eigenvalue weighted by atomic mass is 19.4. The summed E-state index contributed by atoms with van der Waals surface area (Å²) >= 11 is 0. The van der Waals surface area contributed by atoms with Crippen molar-refractivity contribution in [2.75, 3.05) is 18.5 Å². The molecule has 0 aliphatic carbocycles. The van der Waals surface area contributed by atoms with Gasteiger partial charge in [-0.05, 0) is 18.2 Å². The second-order valence-corrected chi connectivity index (χ2v) is 6.27. The molecule has 144 valence electrons. The van der Waals surface area contributed by atoms with Crippen molar-refractivity contribution < 1.29 is 32.0 Å². The van der Waals surface area contributed by atoms with Gasteiger partial charge in [-0.25, -0.2) is 10.0 Å². The summed E-state index contributed by atoms with van der Waals surface area (Å²) in [6.45, 7) is 3.95. The number of benzene rings is 1. The Labute approximate surface area is 152 Å². The molecule has 1 aromatic heterocycles. The van der Waals surface area contributed by atoms with Crippen molar-refractivity contribution in [3.63, 3.8) is 0 Å². The lowest BCUT2D eigenvalue weighted by Gasteiger charge is -2.17. The molecule has 1 unspecified atom stereocenters. The topological polar surface area (TPSA) is 84.7 Å². The van der Waals surface area contributed by atoms with E-state index in [1.807, 2.05) is 6.92 Å². The number of nitrogens with zero attached hydrogens (tertiary/aromatic N) is 2. The Balaban J connectivity index is 1.91. The minimum atomic E-state index is -4.70. The van der Waals surface area contributed by atoms with Gasteiger partial charge in [0.05, 0.1) is 18.7 Å².